The minimum atomic E-state index is 0.554. The highest BCUT2D eigenvalue weighted by molar-refractivity contribution is 5.48. The molecule has 0 aromatic carbocycles. The first-order valence-electron chi connectivity index (χ1n) is 7.18. The van der Waals surface area contributed by atoms with Gasteiger partial charge in [-0.1, -0.05) is 6.92 Å². The highest BCUT2D eigenvalue weighted by Gasteiger charge is 2.22. The molecule has 18 heavy (non-hydrogen) atoms. The third-order valence-corrected chi connectivity index (χ3v) is 4.17. The number of piperidine rings is 1. The van der Waals surface area contributed by atoms with Crippen LogP contribution in [0.5, 0.6) is 0 Å². The van der Waals surface area contributed by atoms with Gasteiger partial charge >= 0.3 is 0 Å². The quantitative estimate of drug-likeness (QED) is 0.884. The van der Waals surface area contributed by atoms with E-state index in [0.717, 1.165) is 31.7 Å². The van der Waals surface area contributed by atoms with E-state index >= 15 is 0 Å². The first-order chi connectivity index (χ1) is 8.86. The summed E-state index contributed by atoms with van der Waals surface area (Å²) in [6, 6.07) is 0.554. The number of aromatic nitrogens is 2. The van der Waals surface area contributed by atoms with Crippen LogP contribution in [0.25, 0.3) is 0 Å². The van der Waals surface area contributed by atoms with Gasteiger partial charge in [0, 0.05) is 23.8 Å². The molecular formula is C14H22N4. The van der Waals surface area contributed by atoms with E-state index in [1.807, 2.05) is 0 Å². The van der Waals surface area contributed by atoms with Crippen LogP contribution in [0.3, 0.4) is 0 Å². The van der Waals surface area contributed by atoms with E-state index in [0.29, 0.717) is 6.04 Å². The highest BCUT2D eigenvalue weighted by Crippen LogP contribution is 2.26. The zero-order valence-corrected chi connectivity index (χ0v) is 11.2. The molecule has 1 aliphatic heterocycles. The molecule has 0 amide bonds. The zero-order chi connectivity index (χ0) is 12.4. The number of nitrogens with one attached hydrogen (secondary N) is 1. The van der Waals surface area contributed by atoms with Gasteiger partial charge in [-0.2, -0.15) is 0 Å². The molecule has 3 rings (SSSR count). The maximum absolute atomic E-state index is 4.45. The van der Waals surface area contributed by atoms with Gasteiger partial charge in [0.1, 0.15) is 12.1 Å². The second-order valence-electron chi connectivity index (χ2n) is 5.38. The first kappa shape index (κ1) is 11.9. The molecule has 0 bridgehead atoms. The molecule has 1 aromatic rings. The minimum Gasteiger partial charge on any atom is -0.366 e. The van der Waals surface area contributed by atoms with Crippen LogP contribution >= 0.6 is 0 Å². The van der Waals surface area contributed by atoms with Gasteiger partial charge in [0.25, 0.3) is 0 Å². The molecule has 1 N–H and O–H groups in total. The van der Waals surface area contributed by atoms with E-state index in [9.17, 15) is 0 Å². The molecule has 2 aliphatic rings. The summed E-state index contributed by atoms with van der Waals surface area (Å²) < 4.78 is 0. The highest BCUT2D eigenvalue weighted by atomic mass is 15.2. The van der Waals surface area contributed by atoms with Crippen LogP contribution in [0.4, 0.5) is 5.82 Å². The van der Waals surface area contributed by atoms with Crippen LogP contribution in [0.2, 0.25) is 0 Å². The Balaban J connectivity index is 1.71. The average Bonchev–Trinajstić information content (AvgIpc) is 2.88. The summed E-state index contributed by atoms with van der Waals surface area (Å²) in [7, 11) is 0. The van der Waals surface area contributed by atoms with Gasteiger partial charge in [-0.05, 0) is 45.2 Å². The fraction of sp³-hybridized carbons (Fsp3) is 0.714. The zero-order valence-electron chi connectivity index (χ0n) is 11.2. The molecule has 2 heterocycles. The first-order valence-corrected chi connectivity index (χ1v) is 7.18. The van der Waals surface area contributed by atoms with E-state index in [1.54, 1.807) is 6.33 Å². The van der Waals surface area contributed by atoms with Gasteiger partial charge in [-0.25, -0.2) is 9.97 Å². The van der Waals surface area contributed by atoms with Gasteiger partial charge in [0.15, 0.2) is 0 Å². The lowest BCUT2D eigenvalue weighted by Crippen LogP contribution is -2.42. The molecule has 0 radical (unpaired) electrons. The van der Waals surface area contributed by atoms with E-state index in [2.05, 4.69) is 27.1 Å². The summed E-state index contributed by atoms with van der Waals surface area (Å²) in [6.45, 7) is 5.79. The Bertz CT molecular complexity index is 418. The van der Waals surface area contributed by atoms with Crippen LogP contribution in [-0.2, 0) is 12.8 Å². The molecule has 1 aliphatic carbocycles. The summed E-state index contributed by atoms with van der Waals surface area (Å²) in [5.41, 5.74) is 2.63. The van der Waals surface area contributed by atoms with Gasteiger partial charge in [-0.15, -0.1) is 0 Å². The largest absolute Gasteiger partial charge is 0.366 e. The molecule has 1 saturated heterocycles. The molecular weight excluding hydrogens is 224 g/mol. The van der Waals surface area contributed by atoms with Crippen molar-refractivity contribution >= 4 is 5.82 Å². The number of hydrogen-bond donors (Lipinski definition) is 1. The van der Waals surface area contributed by atoms with Crippen LogP contribution < -0.4 is 5.32 Å². The van der Waals surface area contributed by atoms with E-state index in [-0.39, 0.29) is 0 Å². The van der Waals surface area contributed by atoms with Gasteiger partial charge < -0.3 is 10.2 Å². The molecule has 1 atom stereocenters. The third kappa shape index (κ3) is 2.34. The lowest BCUT2D eigenvalue weighted by Gasteiger charge is -2.32. The van der Waals surface area contributed by atoms with Crippen LogP contribution in [-0.4, -0.2) is 40.5 Å². The second kappa shape index (κ2) is 5.22. The Hall–Kier alpha value is -1.16. The van der Waals surface area contributed by atoms with Crippen LogP contribution in [0.15, 0.2) is 6.33 Å². The summed E-state index contributed by atoms with van der Waals surface area (Å²) >= 11 is 0. The van der Waals surface area contributed by atoms with Crippen LogP contribution in [0.1, 0.15) is 37.4 Å². The number of nitrogens with zero attached hydrogens (tertiary/aromatic N) is 3. The number of hydrogen-bond acceptors (Lipinski definition) is 4. The molecule has 1 aromatic heterocycles. The Morgan fingerprint density at radius 3 is 3.17 bits per heavy atom. The maximum Gasteiger partial charge on any atom is 0.133 e. The number of aryl methyl sites for hydroxylation is 1. The minimum absolute atomic E-state index is 0.554. The Labute approximate surface area is 109 Å². The van der Waals surface area contributed by atoms with Crippen molar-refractivity contribution in [3.05, 3.63) is 17.6 Å². The average molecular weight is 246 g/mol. The Kier molecular flexibility index (Phi) is 3.46. The summed E-state index contributed by atoms with van der Waals surface area (Å²) in [5.74, 6) is 1.10. The molecule has 1 unspecified atom stereocenters. The molecule has 4 nitrogen and oxygen atoms in total. The molecule has 0 saturated carbocycles. The summed E-state index contributed by atoms with van der Waals surface area (Å²) in [6.07, 6.45) is 7.76. The predicted molar refractivity (Wildman–Crippen MR) is 72.8 cm³/mol. The summed E-state index contributed by atoms with van der Waals surface area (Å²) in [5, 5.41) is 3.65. The van der Waals surface area contributed by atoms with Crippen molar-refractivity contribution in [2.75, 3.05) is 25.0 Å². The Morgan fingerprint density at radius 2 is 2.28 bits per heavy atom. The van der Waals surface area contributed by atoms with Crippen molar-refractivity contribution in [2.45, 2.75) is 45.1 Å². The van der Waals surface area contributed by atoms with Gasteiger partial charge in [-0.3, -0.25) is 0 Å². The second-order valence-corrected chi connectivity index (χ2v) is 5.38. The lowest BCUT2D eigenvalue weighted by molar-refractivity contribution is 0.226. The molecule has 1 fully saturated rings. The Morgan fingerprint density at radius 1 is 1.33 bits per heavy atom. The summed E-state index contributed by atoms with van der Waals surface area (Å²) in [4.78, 5) is 11.4. The standard InChI is InChI=1S/C14H22N4/c1-2-18-8-4-5-11(9-18)17-14-12-6-3-7-13(12)15-10-16-14/h10-11H,2-9H2,1H3,(H,15,16,17). The molecule has 4 heteroatoms. The number of likely N-dealkylation sites (N-methyl/N-ethyl adjacent to an activating group) is 1. The predicted octanol–water partition coefficient (Wildman–Crippen LogP) is 1.86. The fourth-order valence-electron chi connectivity index (χ4n) is 3.14. The normalized spacial score (nSPS) is 23.9. The monoisotopic (exact) mass is 246 g/mol. The van der Waals surface area contributed by atoms with Crippen LogP contribution in [0, 0.1) is 0 Å². The molecule has 98 valence electrons. The number of anilines is 1. The smallest absolute Gasteiger partial charge is 0.133 e. The van der Waals surface area contributed by atoms with Gasteiger partial charge in [0.2, 0.25) is 0 Å². The van der Waals surface area contributed by atoms with Crippen molar-refractivity contribution in [3.8, 4) is 0 Å². The van der Waals surface area contributed by atoms with E-state index in [4.69, 9.17) is 0 Å². The molecule has 0 spiro atoms. The third-order valence-electron chi connectivity index (χ3n) is 4.17. The number of rotatable bonds is 3. The maximum atomic E-state index is 4.45. The van der Waals surface area contributed by atoms with Gasteiger partial charge in [0.05, 0.1) is 0 Å². The number of likely N-dealkylation sites (tertiary alicyclic amines) is 1. The van der Waals surface area contributed by atoms with Crippen molar-refractivity contribution in [1.29, 1.82) is 0 Å². The van der Waals surface area contributed by atoms with E-state index < -0.39 is 0 Å². The topological polar surface area (TPSA) is 41.0 Å². The number of fused-ring (bicyclic) bond motifs is 1. The SMILES string of the molecule is CCN1CCCC(Nc2ncnc3c2CCC3)C1. The van der Waals surface area contributed by atoms with Crippen molar-refractivity contribution in [2.24, 2.45) is 0 Å². The van der Waals surface area contributed by atoms with Crippen molar-refractivity contribution in [3.63, 3.8) is 0 Å². The van der Waals surface area contributed by atoms with Crippen molar-refractivity contribution < 1.29 is 0 Å². The van der Waals surface area contributed by atoms with E-state index in [1.165, 1.54) is 37.1 Å². The van der Waals surface area contributed by atoms with Crippen molar-refractivity contribution in [1.82, 2.24) is 14.9 Å². The lowest BCUT2D eigenvalue weighted by atomic mass is 10.1. The fourth-order valence-corrected chi connectivity index (χ4v) is 3.14.